The summed E-state index contributed by atoms with van der Waals surface area (Å²) >= 11 is 0. The lowest BCUT2D eigenvalue weighted by Crippen LogP contribution is -1.93. The number of halogens is 1. The third-order valence-electron chi connectivity index (χ3n) is 4.77. The summed E-state index contributed by atoms with van der Waals surface area (Å²) in [6.07, 6.45) is 1.54. The average molecular weight is 374 g/mol. The van der Waals surface area contributed by atoms with E-state index in [1.54, 1.807) is 6.07 Å². The summed E-state index contributed by atoms with van der Waals surface area (Å²) in [6, 6.07) is 16.4. The zero-order valence-corrected chi connectivity index (χ0v) is 15.0. The highest BCUT2D eigenvalue weighted by Gasteiger charge is 2.16. The molecule has 0 bridgehead atoms. The largest absolute Gasteiger partial charge is 0.494 e. The van der Waals surface area contributed by atoms with Gasteiger partial charge in [0.15, 0.2) is 23.1 Å². The first-order chi connectivity index (χ1) is 13.7. The molecule has 0 radical (unpaired) electrons. The van der Waals surface area contributed by atoms with Gasteiger partial charge in [-0.2, -0.15) is 0 Å². The Bertz CT molecular complexity index is 1210. The Hall–Kier alpha value is -3.67. The van der Waals surface area contributed by atoms with Crippen LogP contribution in [-0.2, 0) is 0 Å². The summed E-state index contributed by atoms with van der Waals surface area (Å²) in [5.74, 6) is 1.23. The molecule has 4 aromatic rings. The molecule has 5 nitrogen and oxygen atoms in total. The molecule has 0 saturated heterocycles. The zero-order valence-electron chi connectivity index (χ0n) is 15.0. The molecular weight excluding hydrogens is 359 g/mol. The predicted octanol–water partition coefficient (Wildman–Crippen LogP) is 4.84. The van der Waals surface area contributed by atoms with Crippen molar-refractivity contribution in [3.63, 3.8) is 0 Å². The number of ether oxygens (including phenoxy) is 3. The number of aromatic nitrogens is 2. The summed E-state index contributed by atoms with van der Waals surface area (Å²) in [5.41, 5.74) is 4.10. The van der Waals surface area contributed by atoms with Crippen molar-refractivity contribution in [3.8, 4) is 39.6 Å². The third kappa shape index (κ3) is 2.70. The number of hydrogen-bond donors (Lipinski definition) is 0. The van der Waals surface area contributed by atoms with Crippen LogP contribution >= 0.6 is 0 Å². The van der Waals surface area contributed by atoms with E-state index >= 15 is 0 Å². The van der Waals surface area contributed by atoms with E-state index in [0.29, 0.717) is 5.75 Å². The van der Waals surface area contributed by atoms with Gasteiger partial charge in [-0.3, -0.25) is 0 Å². The fourth-order valence-corrected chi connectivity index (χ4v) is 3.36. The van der Waals surface area contributed by atoms with Gasteiger partial charge in [0, 0.05) is 10.9 Å². The first-order valence-electron chi connectivity index (χ1n) is 8.71. The van der Waals surface area contributed by atoms with Crippen molar-refractivity contribution in [2.24, 2.45) is 0 Å². The summed E-state index contributed by atoms with van der Waals surface area (Å²) in [4.78, 5) is 8.84. The van der Waals surface area contributed by atoms with Crippen LogP contribution in [0.15, 0.2) is 60.9 Å². The molecule has 0 aliphatic carbocycles. The van der Waals surface area contributed by atoms with Crippen LogP contribution in [0.2, 0.25) is 0 Å². The fourth-order valence-electron chi connectivity index (χ4n) is 3.36. The monoisotopic (exact) mass is 374 g/mol. The molecule has 5 rings (SSSR count). The van der Waals surface area contributed by atoms with E-state index in [2.05, 4.69) is 9.97 Å². The average Bonchev–Trinajstić information content (AvgIpc) is 3.20. The molecule has 0 N–H and O–H groups in total. The lowest BCUT2D eigenvalue weighted by Gasteiger charge is -2.09. The number of benzene rings is 3. The normalized spacial score (nSPS) is 12.4. The van der Waals surface area contributed by atoms with Crippen LogP contribution < -0.4 is 14.2 Å². The maximum absolute atomic E-state index is 14.1. The van der Waals surface area contributed by atoms with Crippen molar-refractivity contribution < 1.29 is 18.6 Å². The SMILES string of the molecule is COc1ccc(-c2ccc3ncnc(-c4ccc5c(c4)OCO5)c3c2)cc1F. The van der Waals surface area contributed by atoms with E-state index in [0.717, 1.165) is 39.0 Å². The fraction of sp³-hybridized carbons (Fsp3) is 0.0909. The van der Waals surface area contributed by atoms with Crippen LogP contribution in [0.3, 0.4) is 0 Å². The molecule has 0 unspecified atom stereocenters. The Kier molecular flexibility index (Phi) is 3.83. The summed E-state index contributed by atoms with van der Waals surface area (Å²) in [5, 5.41) is 0.870. The van der Waals surface area contributed by atoms with Crippen LogP contribution in [0, 0.1) is 5.82 Å². The number of methoxy groups -OCH3 is 1. The van der Waals surface area contributed by atoms with Gasteiger partial charge in [0.25, 0.3) is 0 Å². The highest BCUT2D eigenvalue weighted by molar-refractivity contribution is 5.95. The van der Waals surface area contributed by atoms with Gasteiger partial charge in [0.1, 0.15) is 6.33 Å². The van der Waals surface area contributed by atoms with Crippen molar-refractivity contribution in [2.45, 2.75) is 0 Å². The van der Waals surface area contributed by atoms with Crippen molar-refractivity contribution in [1.82, 2.24) is 9.97 Å². The van der Waals surface area contributed by atoms with Gasteiger partial charge in [-0.05, 0) is 53.6 Å². The van der Waals surface area contributed by atoms with Crippen LogP contribution in [0.5, 0.6) is 17.2 Å². The minimum absolute atomic E-state index is 0.217. The highest BCUT2D eigenvalue weighted by atomic mass is 19.1. The van der Waals surface area contributed by atoms with Crippen LogP contribution in [-0.4, -0.2) is 23.9 Å². The van der Waals surface area contributed by atoms with E-state index in [4.69, 9.17) is 14.2 Å². The van der Waals surface area contributed by atoms with Gasteiger partial charge in [-0.1, -0.05) is 12.1 Å². The molecule has 138 valence electrons. The van der Waals surface area contributed by atoms with Crippen LogP contribution in [0.4, 0.5) is 4.39 Å². The maximum Gasteiger partial charge on any atom is 0.231 e. The standard InChI is InChI=1S/C22H15FN2O3/c1-26-19-6-3-14(9-17(19)23)13-2-5-18-16(8-13)22(25-11-24-18)15-4-7-20-21(10-15)28-12-27-20/h2-11H,12H2,1H3. The first-order valence-corrected chi connectivity index (χ1v) is 8.71. The Morgan fingerprint density at radius 3 is 2.50 bits per heavy atom. The smallest absolute Gasteiger partial charge is 0.231 e. The molecule has 1 aliphatic heterocycles. The van der Waals surface area contributed by atoms with Crippen molar-refractivity contribution in [2.75, 3.05) is 13.9 Å². The molecule has 6 heteroatoms. The van der Waals surface area contributed by atoms with Crippen molar-refractivity contribution >= 4 is 10.9 Å². The van der Waals surface area contributed by atoms with Crippen LogP contribution in [0.25, 0.3) is 33.3 Å². The molecule has 0 fully saturated rings. The lowest BCUT2D eigenvalue weighted by atomic mass is 10.00. The molecular formula is C22H15FN2O3. The van der Waals surface area contributed by atoms with Gasteiger partial charge in [-0.15, -0.1) is 0 Å². The molecule has 1 aliphatic rings. The lowest BCUT2D eigenvalue weighted by molar-refractivity contribution is 0.174. The minimum Gasteiger partial charge on any atom is -0.494 e. The number of nitrogens with zero attached hydrogens (tertiary/aromatic N) is 2. The minimum atomic E-state index is -0.402. The molecule has 1 aromatic heterocycles. The Morgan fingerprint density at radius 1 is 0.857 bits per heavy atom. The number of fused-ring (bicyclic) bond motifs is 2. The topological polar surface area (TPSA) is 53.5 Å². The number of hydrogen-bond acceptors (Lipinski definition) is 5. The highest BCUT2D eigenvalue weighted by Crippen LogP contribution is 2.37. The van der Waals surface area contributed by atoms with Gasteiger partial charge in [-0.25, -0.2) is 14.4 Å². The molecule has 3 aromatic carbocycles. The third-order valence-corrected chi connectivity index (χ3v) is 4.77. The van der Waals surface area contributed by atoms with Crippen LogP contribution in [0.1, 0.15) is 0 Å². The number of rotatable bonds is 3. The quantitative estimate of drug-likeness (QED) is 0.514. The van der Waals surface area contributed by atoms with Crippen molar-refractivity contribution in [1.29, 1.82) is 0 Å². The molecule has 0 saturated carbocycles. The Balaban J connectivity index is 1.65. The second kappa shape index (κ2) is 6.49. The second-order valence-corrected chi connectivity index (χ2v) is 6.37. The van der Waals surface area contributed by atoms with E-state index in [1.807, 2.05) is 42.5 Å². The molecule has 0 spiro atoms. The predicted molar refractivity (Wildman–Crippen MR) is 103 cm³/mol. The van der Waals surface area contributed by atoms with E-state index in [9.17, 15) is 4.39 Å². The van der Waals surface area contributed by atoms with Gasteiger partial charge in [0.2, 0.25) is 6.79 Å². The molecule has 2 heterocycles. The first kappa shape index (κ1) is 16.5. The summed E-state index contributed by atoms with van der Waals surface area (Å²) < 4.78 is 30.0. The second-order valence-electron chi connectivity index (χ2n) is 6.37. The molecule has 28 heavy (non-hydrogen) atoms. The summed E-state index contributed by atoms with van der Waals surface area (Å²) in [6.45, 7) is 0.219. The van der Waals surface area contributed by atoms with E-state index < -0.39 is 5.82 Å². The molecule has 0 amide bonds. The summed E-state index contributed by atoms with van der Waals surface area (Å²) in [7, 11) is 1.45. The van der Waals surface area contributed by atoms with Gasteiger partial charge in [0.05, 0.1) is 18.3 Å². The maximum atomic E-state index is 14.1. The van der Waals surface area contributed by atoms with E-state index in [-0.39, 0.29) is 12.5 Å². The Labute approximate surface area is 160 Å². The van der Waals surface area contributed by atoms with Crippen molar-refractivity contribution in [3.05, 3.63) is 66.7 Å². The van der Waals surface area contributed by atoms with E-state index in [1.165, 1.54) is 19.5 Å². The Morgan fingerprint density at radius 2 is 1.64 bits per heavy atom. The molecule has 0 atom stereocenters. The van der Waals surface area contributed by atoms with Gasteiger partial charge >= 0.3 is 0 Å². The zero-order chi connectivity index (χ0) is 19.1. The van der Waals surface area contributed by atoms with Gasteiger partial charge < -0.3 is 14.2 Å².